The number of imide groups is 1. The topological polar surface area (TPSA) is 81.8 Å². The molecule has 2 heterocycles. The zero-order valence-electron chi connectivity index (χ0n) is 16.2. The van der Waals surface area contributed by atoms with E-state index in [0.717, 1.165) is 36.4 Å². The van der Waals surface area contributed by atoms with Crippen molar-refractivity contribution >= 4 is 17.8 Å². The van der Waals surface area contributed by atoms with Gasteiger partial charge in [-0.1, -0.05) is 36.8 Å². The van der Waals surface area contributed by atoms with E-state index in [2.05, 4.69) is 10.6 Å². The molecule has 1 aromatic carbocycles. The fourth-order valence-corrected chi connectivity index (χ4v) is 3.81. The van der Waals surface area contributed by atoms with Crippen LogP contribution in [0.1, 0.15) is 37.8 Å². The predicted molar refractivity (Wildman–Crippen MR) is 102 cm³/mol. The Labute approximate surface area is 160 Å². The van der Waals surface area contributed by atoms with Crippen LogP contribution in [0.3, 0.4) is 0 Å². The lowest BCUT2D eigenvalue weighted by Gasteiger charge is -2.29. The molecule has 146 valence electrons. The van der Waals surface area contributed by atoms with Gasteiger partial charge in [0.1, 0.15) is 12.1 Å². The largest absolute Gasteiger partial charge is 0.337 e. The Morgan fingerprint density at radius 3 is 2.59 bits per heavy atom. The number of carbonyl (C=O) groups is 3. The van der Waals surface area contributed by atoms with Gasteiger partial charge in [0.2, 0.25) is 5.91 Å². The van der Waals surface area contributed by atoms with Gasteiger partial charge < -0.3 is 15.5 Å². The van der Waals surface area contributed by atoms with Crippen molar-refractivity contribution in [3.8, 4) is 0 Å². The van der Waals surface area contributed by atoms with Crippen LogP contribution in [0.15, 0.2) is 24.3 Å². The third kappa shape index (κ3) is 3.69. The number of amides is 4. The molecule has 7 nitrogen and oxygen atoms in total. The highest BCUT2D eigenvalue weighted by atomic mass is 16.2. The van der Waals surface area contributed by atoms with Gasteiger partial charge in [-0.2, -0.15) is 0 Å². The van der Waals surface area contributed by atoms with Crippen molar-refractivity contribution in [2.75, 3.05) is 26.2 Å². The average molecular weight is 372 g/mol. The lowest BCUT2D eigenvalue weighted by Crippen LogP contribution is -2.48. The van der Waals surface area contributed by atoms with Gasteiger partial charge in [0.05, 0.1) is 0 Å². The number of rotatable bonds is 6. The van der Waals surface area contributed by atoms with Crippen molar-refractivity contribution in [3.63, 3.8) is 0 Å². The summed E-state index contributed by atoms with van der Waals surface area (Å²) in [6.45, 7) is 7.72. The Hall–Kier alpha value is -2.41. The standard InChI is InChI=1S/C20H28N4O3/c1-4-11-23(16-9-10-21-12-16)17(25)13-24-18(26)20(3,22-19(24)27)15-7-5-14(2)6-8-15/h5-8,16,21H,4,9-13H2,1-3H3,(H,22,27). The third-order valence-electron chi connectivity index (χ3n) is 5.46. The lowest BCUT2D eigenvalue weighted by molar-refractivity contribution is -0.140. The van der Waals surface area contributed by atoms with Gasteiger partial charge in [0.25, 0.3) is 5.91 Å². The second-order valence-corrected chi connectivity index (χ2v) is 7.55. The maximum atomic E-state index is 13.0. The molecule has 7 heteroatoms. The van der Waals surface area contributed by atoms with Crippen molar-refractivity contribution < 1.29 is 14.4 Å². The average Bonchev–Trinajstić information content (AvgIpc) is 3.24. The number of urea groups is 1. The maximum absolute atomic E-state index is 13.0. The molecule has 1 aromatic rings. The first-order chi connectivity index (χ1) is 12.9. The number of nitrogens with zero attached hydrogens (tertiary/aromatic N) is 2. The van der Waals surface area contributed by atoms with E-state index in [9.17, 15) is 14.4 Å². The van der Waals surface area contributed by atoms with Gasteiger partial charge in [-0.25, -0.2) is 4.79 Å². The van der Waals surface area contributed by atoms with E-state index in [0.29, 0.717) is 12.1 Å². The molecule has 0 radical (unpaired) electrons. The van der Waals surface area contributed by atoms with Crippen LogP contribution in [0.5, 0.6) is 0 Å². The van der Waals surface area contributed by atoms with Crippen LogP contribution >= 0.6 is 0 Å². The number of benzene rings is 1. The molecule has 2 fully saturated rings. The number of nitrogens with one attached hydrogen (secondary N) is 2. The van der Waals surface area contributed by atoms with E-state index in [1.165, 1.54) is 0 Å². The molecule has 2 atom stereocenters. The van der Waals surface area contributed by atoms with Gasteiger partial charge in [-0.05, 0) is 38.8 Å². The summed E-state index contributed by atoms with van der Waals surface area (Å²) >= 11 is 0. The molecular formula is C20H28N4O3. The predicted octanol–water partition coefficient (Wildman–Crippen LogP) is 1.36. The van der Waals surface area contributed by atoms with Gasteiger partial charge >= 0.3 is 6.03 Å². The molecule has 2 saturated heterocycles. The lowest BCUT2D eigenvalue weighted by atomic mass is 9.91. The molecule has 2 aliphatic rings. The third-order valence-corrected chi connectivity index (χ3v) is 5.46. The summed E-state index contributed by atoms with van der Waals surface area (Å²) in [5.74, 6) is -0.562. The Morgan fingerprint density at radius 2 is 2.00 bits per heavy atom. The summed E-state index contributed by atoms with van der Waals surface area (Å²) in [6, 6.07) is 7.10. The van der Waals surface area contributed by atoms with Crippen LogP contribution in [-0.4, -0.2) is 59.9 Å². The number of carbonyl (C=O) groups excluding carboxylic acids is 3. The monoisotopic (exact) mass is 372 g/mol. The fraction of sp³-hybridized carbons (Fsp3) is 0.550. The molecule has 2 aliphatic heterocycles. The van der Waals surface area contributed by atoms with Gasteiger partial charge in [-0.15, -0.1) is 0 Å². The second-order valence-electron chi connectivity index (χ2n) is 7.55. The van der Waals surface area contributed by atoms with Crippen molar-refractivity contribution in [3.05, 3.63) is 35.4 Å². The zero-order valence-corrected chi connectivity index (χ0v) is 16.2. The van der Waals surface area contributed by atoms with Gasteiger partial charge in [0.15, 0.2) is 0 Å². The maximum Gasteiger partial charge on any atom is 0.325 e. The summed E-state index contributed by atoms with van der Waals surface area (Å²) < 4.78 is 0. The first-order valence-electron chi connectivity index (χ1n) is 9.58. The minimum atomic E-state index is -1.14. The van der Waals surface area contributed by atoms with Crippen molar-refractivity contribution in [2.24, 2.45) is 0 Å². The Morgan fingerprint density at radius 1 is 1.30 bits per heavy atom. The minimum absolute atomic E-state index is 0.127. The van der Waals surface area contributed by atoms with E-state index < -0.39 is 11.6 Å². The molecule has 4 amide bonds. The fourth-order valence-electron chi connectivity index (χ4n) is 3.81. The minimum Gasteiger partial charge on any atom is -0.337 e. The van der Waals surface area contributed by atoms with Crippen LogP contribution in [0.2, 0.25) is 0 Å². The summed E-state index contributed by atoms with van der Waals surface area (Å²) in [5.41, 5.74) is 0.647. The molecule has 0 aromatic heterocycles. The van der Waals surface area contributed by atoms with Crippen molar-refractivity contribution in [2.45, 2.75) is 45.2 Å². The highest BCUT2D eigenvalue weighted by Gasteiger charge is 2.49. The van der Waals surface area contributed by atoms with E-state index >= 15 is 0 Å². The molecule has 2 unspecified atom stereocenters. The van der Waals surface area contributed by atoms with E-state index in [1.807, 2.05) is 43.0 Å². The smallest absolute Gasteiger partial charge is 0.325 e. The molecule has 0 spiro atoms. The van der Waals surface area contributed by atoms with Gasteiger partial charge in [-0.3, -0.25) is 14.5 Å². The molecule has 0 saturated carbocycles. The highest BCUT2D eigenvalue weighted by molar-refractivity contribution is 6.09. The quantitative estimate of drug-likeness (QED) is 0.739. The summed E-state index contributed by atoms with van der Waals surface area (Å²) in [6.07, 6.45) is 1.73. The number of hydrogen-bond acceptors (Lipinski definition) is 4. The van der Waals surface area contributed by atoms with Crippen LogP contribution < -0.4 is 10.6 Å². The van der Waals surface area contributed by atoms with Crippen LogP contribution in [0, 0.1) is 6.92 Å². The van der Waals surface area contributed by atoms with E-state index in [1.54, 1.807) is 6.92 Å². The van der Waals surface area contributed by atoms with Crippen LogP contribution in [0.25, 0.3) is 0 Å². The van der Waals surface area contributed by atoms with Crippen LogP contribution in [0.4, 0.5) is 4.79 Å². The molecule has 0 bridgehead atoms. The summed E-state index contributed by atoms with van der Waals surface area (Å²) in [7, 11) is 0. The number of aryl methyl sites for hydroxylation is 1. The molecule has 2 N–H and O–H groups in total. The van der Waals surface area contributed by atoms with Crippen molar-refractivity contribution in [1.82, 2.24) is 20.4 Å². The molecule has 27 heavy (non-hydrogen) atoms. The SMILES string of the molecule is CCCN(C(=O)CN1C(=O)NC(C)(c2ccc(C)cc2)C1=O)C1CCNC1. The Kier molecular flexibility index (Phi) is 5.51. The van der Waals surface area contributed by atoms with E-state index in [4.69, 9.17) is 0 Å². The summed E-state index contributed by atoms with van der Waals surface area (Å²) in [5, 5.41) is 6.03. The van der Waals surface area contributed by atoms with Crippen LogP contribution in [-0.2, 0) is 15.1 Å². The van der Waals surface area contributed by atoms with Crippen molar-refractivity contribution in [1.29, 1.82) is 0 Å². The highest BCUT2D eigenvalue weighted by Crippen LogP contribution is 2.29. The first kappa shape index (κ1) is 19.4. The second kappa shape index (κ2) is 7.68. The van der Waals surface area contributed by atoms with Gasteiger partial charge in [0, 0.05) is 19.1 Å². The Bertz CT molecular complexity index is 727. The Balaban J connectivity index is 1.76. The first-order valence-corrected chi connectivity index (χ1v) is 9.58. The summed E-state index contributed by atoms with van der Waals surface area (Å²) in [4.78, 5) is 41.2. The number of hydrogen-bond donors (Lipinski definition) is 2. The molecule has 0 aliphatic carbocycles. The molecule has 3 rings (SSSR count). The molecular weight excluding hydrogens is 344 g/mol. The van der Waals surface area contributed by atoms with E-state index in [-0.39, 0.29) is 24.4 Å². The zero-order chi connectivity index (χ0) is 19.6. The normalized spacial score (nSPS) is 25.0.